The third-order valence-electron chi connectivity index (χ3n) is 4.72. The van der Waals surface area contributed by atoms with Crippen LogP contribution < -0.4 is 0 Å². The molecule has 1 unspecified atom stereocenters. The first kappa shape index (κ1) is 18.4. The highest BCUT2D eigenvalue weighted by Gasteiger charge is 2.26. The number of rotatable bonds is 6. The first-order valence-corrected chi connectivity index (χ1v) is 8.78. The summed E-state index contributed by atoms with van der Waals surface area (Å²) in [4.78, 5) is 27.1. The van der Waals surface area contributed by atoms with Crippen LogP contribution >= 0.6 is 0 Å². The van der Waals surface area contributed by atoms with E-state index in [4.69, 9.17) is 9.84 Å². The molecule has 0 saturated carbocycles. The molecule has 1 aromatic heterocycles. The number of para-hydroxylation sites is 1. The lowest BCUT2D eigenvalue weighted by atomic mass is 10.2. The number of carboxylic acid groups (broad SMARTS) is 1. The molecule has 1 fully saturated rings. The minimum absolute atomic E-state index is 0.0393. The number of carboxylic acids is 1. The summed E-state index contributed by atoms with van der Waals surface area (Å²) >= 11 is 0. The van der Waals surface area contributed by atoms with E-state index in [-0.39, 0.29) is 18.6 Å². The molecule has 0 bridgehead atoms. The van der Waals surface area contributed by atoms with Crippen LogP contribution in [0.1, 0.15) is 5.69 Å². The van der Waals surface area contributed by atoms with Crippen molar-refractivity contribution in [2.24, 2.45) is 0 Å². The molecule has 1 saturated heterocycles. The third-order valence-corrected chi connectivity index (χ3v) is 4.72. The quantitative estimate of drug-likeness (QED) is 0.839. The van der Waals surface area contributed by atoms with Crippen molar-refractivity contribution in [1.82, 2.24) is 14.4 Å². The van der Waals surface area contributed by atoms with Crippen LogP contribution in [-0.4, -0.2) is 77.3 Å². The number of amides is 1. The summed E-state index contributed by atoms with van der Waals surface area (Å²) in [5, 5.41) is 9.99. The third kappa shape index (κ3) is 4.23. The molecule has 1 N–H and O–H groups in total. The first-order chi connectivity index (χ1) is 12.4. The minimum atomic E-state index is -0.869. The molecule has 3 rings (SSSR count). The van der Waals surface area contributed by atoms with Crippen molar-refractivity contribution < 1.29 is 19.4 Å². The maximum atomic E-state index is 12.8. The summed E-state index contributed by atoms with van der Waals surface area (Å²) in [7, 11) is 1.74. The van der Waals surface area contributed by atoms with Gasteiger partial charge in [0.25, 0.3) is 0 Å². The van der Waals surface area contributed by atoms with Gasteiger partial charge in [-0.2, -0.15) is 0 Å². The number of aryl methyl sites for hydroxylation is 1. The van der Waals surface area contributed by atoms with Crippen LogP contribution in [-0.2, 0) is 20.9 Å². The molecule has 1 aliphatic rings. The van der Waals surface area contributed by atoms with Gasteiger partial charge in [0.2, 0.25) is 5.91 Å². The number of carbonyl (C=O) groups is 2. The average molecular weight is 359 g/mol. The predicted octanol–water partition coefficient (Wildman–Crippen LogP) is 1.19. The monoisotopic (exact) mass is 359 g/mol. The van der Waals surface area contributed by atoms with Crippen molar-refractivity contribution >= 4 is 22.8 Å². The van der Waals surface area contributed by atoms with Gasteiger partial charge in [0.15, 0.2) is 0 Å². The van der Waals surface area contributed by atoms with E-state index < -0.39 is 5.97 Å². The summed E-state index contributed by atoms with van der Waals surface area (Å²) in [6, 6.07) is 10.1. The Morgan fingerprint density at radius 1 is 1.35 bits per heavy atom. The molecule has 0 aliphatic carbocycles. The zero-order chi connectivity index (χ0) is 18.7. The van der Waals surface area contributed by atoms with Crippen LogP contribution in [0.4, 0.5) is 0 Å². The summed E-state index contributed by atoms with van der Waals surface area (Å²) in [6.07, 6.45) is -0.167. The Morgan fingerprint density at radius 2 is 2.12 bits per heavy atom. The molecule has 2 aromatic rings. The van der Waals surface area contributed by atoms with E-state index in [2.05, 4.69) is 6.07 Å². The number of hydrogen-bond donors (Lipinski definition) is 1. The number of benzene rings is 1. The molecule has 2 heterocycles. The Morgan fingerprint density at radius 3 is 2.88 bits per heavy atom. The largest absolute Gasteiger partial charge is 0.480 e. The van der Waals surface area contributed by atoms with Crippen molar-refractivity contribution in [3.05, 3.63) is 36.0 Å². The number of carbonyl (C=O) groups excluding carboxylic acids is 1. The first-order valence-electron chi connectivity index (χ1n) is 8.78. The normalized spacial score (nSPS) is 17.8. The number of aliphatic carboxylic acids is 1. The number of ether oxygens (including phenoxy) is 1. The lowest BCUT2D eigenvalue weighted by Gasteiger charge is -2.34. The second kappa shape index (κ2) is 7.88. The fraction of sp³-hybridized carbons (Fsp3) is 0.474. The molecule has 1 amide bonds. The standard InChI is InChI=1S/C19H25N3O4/c1-14-9-15-5-3-4-6-17(15)22(14)12-18(23)21-7-8-26-16(11-21)10-20(2)13-19(24)25/h3-6,9,16H,7-8,10-13H2,1-2H3,(H,24,25). The SMILES string of the molecule is Cc1cc2ccccc2n1CC(=O)N1CCOC(CN(C)CC(=O)O)C1. The zero-order valence-corrected chi connectivity index (χ0v) is 15.2. The second-order valence-corrected chi connectivity index (χ2v) is 6.85. The van der Waals surface area contributed by atoms with Crippen LogP contribution in [0.15, 0.2) is 30.3 Å². The molecule has 0 radical (unpaired) electrons. The van der Waals surface area contributed by atoms with Crippen molar-refractivity contribution in [2.45, 2.75) is 19.6 Å². The molecule has 7 nitrogen and oxygen atoms in total. The highest BCUT2D eigenvalue weighted by atomic mass is 16.5. The Balaban J connectivity index is 1.64. The fourth-order valence-corrected chi connectivity index (χ4v) is 3.49. The van der Waals surface area contributed by atoms with Gasteiger partial charge in [0.05, 0.1) is 19.3 Å². The van der Waals surface area contributed by atoms with Gasteiger partial charge >= 0.3 is 5.97 Å². The Kier molecular flexibility index (Phi) is 5.58. The van der Waals surface area contributed by atoms with Crippen LogP contribution in [0.25, 0.3) is 10.9 Å². The molecular formula is C19H25N3O4. The van der Waals surface area contributed by atoms with Gasteiger partial charge in [-0.1, -0.05) is 18.2 Å². The highest BCUT2D eigenvalue weighted by molar-refractivity contribution is 5.84. The molecule has 1 aliphatic heterocycles. The maximum absolute atomic E-state index is 12.8. The smallest absolute Gasteiger partial charge is 0.317 e. The highest BCUT2D eigenvalue weighted by Crippen LogP contribution is 2.19. The van der Waals surface area contributed by atoms with Crippen LogP contribution in [0.5, 0.6) is 0 Å². The number of morpholine rings is 1. The maximum Gasteiger partial charge on any atom is 0.317 e. The second-order valence-electron chi connectivity index (χ2n) is 6.85. The van der Waals surface area contributed by atoms with Crippen LogP contribution in [0, 0.1) is 6.92 Å². The molecule has 1 atom stereocenters. The molecule has 7 heteroatoms. The Bertz CT molecular complexity index is 801. The average Bonchev–Trinajstić information content (AvgIpc) is 2.90. The van der Waals surface area contributed by atoms with Gasteiger partial charge in [-0.25, -0.2) is 0 Å². The van der Waals surface area contributed by atoms with E-state index in [0.717, 1.165) is 16.6 Å². The topological polar surface area (TPSA) is 75.0 Å². The summed E-state index contributed by atoms with van der Waals surface area (Å²) in [5.41, 5.74) is 2.12. The van der Waals surface area contributed by atoms with Gasteiger partial charge in [0.1, 0.15) is 6.54 Å². The van der Waals surface area contributed by atoms with Gasteiger partial charge in [-0.15, -0.1) is 0 Å². The number of likely N-dealkylation sites (N-methyl/N-ethyl adjacent to an activating group) is 1. The van der Waals surface area contributed by atoms with Gasteiger partial charge in [0, 0.05) is 30.8 Å². The van der Waals surface area contributed by atoms with Gasteiger partial charge < -0.3 is 19.3 Å². The van der Waals surface area contributed by atoms with Gasteiger partial charge in [-0.3, -0.25) is 14.5 Å². The van der Waals surface area contributed by atoms with E-state index in [1.54, 1.807) is 11.9 Å². The van der Waals surface area contributed by atoms with Crippen molar-refractivity contribution in [2.75, 3.05) is 39.8 Å². The summed E-state index contributed by atoms with van der Waals surface area (Å²) in [5.74, 6) is -0.810. The van der Waals surface area contributed by atoms with E-state index in [0.29, 0.717) is 32.8 Å². The number of fused-ring (bicyclic) bond motifs is 1. The van der Waals surface area contributed by atoms with E-state index in [9.17, 15) is 9.59 Å². The molecule has 1 aromatic carbocycles. The van der Waals surface area contributed by atoms with E-state index in [1.807, 2.05) is 40.7 Å². The van der Waals surface area contributed by atoms with Crippen molar-refractivity contribution in [3.8, 4) is 0 Å². The van der Waals surface area contributed by atoms with E-state index >= 15 is 0 Å². The van der Waals surface area contributed by atoms with Gasteiger partial charge in [-0.05, 0) is 31.5 Å². The summed E-state index contributed by atoms with van der Waals surface area (Å²) < 4.78 is 7.74. The molecule has 0 spiro atoms. The molecule has 140 valence electrons. The van der Waals surface area contributed by atoms with Crippen molar-refractivity contribution in [3.63, 3.8) is 0 Å². The Labute approximate surface area is 152 Å². The molecule has 26 heavy (non-hydrogen) atoms. The van der Waals surface area contributed by atoms with Crippen LogP contribution in [0.2, 0.25) is 0 Å². The zero-order valence-electron chi connectivity index (χ0n) is 15.2. The number of aromatic nitrogens is 1. The number of nitrogens with zero attached hydrogens (tertiary/aromatic N) is 3. The Hall–Kier alpha value is -2.38. The predicted molar refractivity (Wildman–Crippen MR) is 98.1 cm³/mol. The summed E-state index contributed by atoms with van der Waals surface area (Å²) in [6.45, 7) is 4.29. The fourth-order valence-electron chi connectivity index (χ4n) is 3.49. The van der Waals surface area contributed by atoms with E-state index in [1.165, 1.54) is 0 Å². The number of hydrogen-bond acceptors (Lipinski definition) is 4. The van der Waals surface area contributed by atoms with Crippen molar-refractivity contribution in [1.29, 1.82) is 0 Å². The van der Waals surface area contributed by atoms with Crippen LogP contribution in [0.3, 0.4) is 0 Å². The lowest BCUT2D eigenvalue weighted by molar-refractivity contribution is -0.142. The lowest BCUT2D eigenvalue weighted by Crippen LogP contribution is -2.50. The molecular weight excluding hydrogens is 334 g/mol. The minimum Gasteiger partial charge on any atom is -0.480 e.